The summed E-state index contributed by atoms with van der Waals surface area (Å²) >= 11 is 0. The summed E-state index contributed by atoms with van der Waals surface area (Å²) in [6.07, 6.45) is 5.10. The molecule has 6 heteroatoms. The molecule has 0 saturated carbocycles. The van der Waals surface area contributed by atoms with Gasteiger partial charge in [-0.1, -0.05) is 78.9 Å². The minimum absolute atomic E-state index is 0.118. The fourth-order valence-electron chi connectivity index (χ4n) is 5.05. The molecule has 6 rings (SSSR count). The summed E-state index contributed by atoms with van der Waals surface area (Å²) in [6.45, 7) is 5.15. The molecule has 0 amide bonds. The Kier molecular flexibility index (Phi) is 7.53. The van der Waals surface area contributed by atoms with Crippen molar-refractivity contribution in [2.24, 2.45) is 0 Å². The summed E-state index contributed by atoms with van der Waals surface area (Å²) in [5.41, 5.74) is 5.99. The van der Waals surface area contributed by atoms with Crippen LogP contribution >= 0.6 is 17.8 Å². The number of fused-ring (bicyclic) bond motifs is 2. The lowest BCUT2D eigenvalue weighted by Gasteiger charge is -2.27. The molecule has 0 N–H and O–H groups in total. The average molecular weight is 551 g/mol. The van der Waals surface area contributed by atoms with Gasteiger partial charge in [0.2, 0.25) is 0 Å². The fraction of sp³-hybridized carbons (Fsp3) is 0.152. The van der Waals surface area contributed by atoms with E-state index in [1.165, 1.54) is 32.9 Å². The predicted molar refractivity (Wildman–Crippen MR) is 167 cm³/mol. The van der Waals surface area contributed by atoms with Crippen LogP contribution in [0, 0.1) is 0 Å². The van der Waals surface area contributed by atoms with E-state index in [-0.39, 0.29) is 14.2 Å². The lowest BCUT2D eigenvalue weighted by molar-refractivity contribution is 0.342. The SMILES string of the molecule is CC(C)(POCCc1ccccc1-c1ccccc1OPn1ccc2ccccc21)n1ccc2ccccc21. The third-order valence-electron chi connectivity index (χ3n) is 7.05. The molecule has 0 aliphatic heterocycles. The highest BCUT2D eigenvalue weighted by Gasteiger charge is 2.22. The highest BCUT2D eigenvalue weighted by atomic mass is 31.1. The molecule has 0 fully saturated rings. The van der Waals surface area contributed by atoms with E-state index in [0.29, 0.717) is 15.4 Å². The highest BCUT2D eigenvalue weighted by molar-refractivity contribution is 7.33. The molecule has 4 nitrogen and oxygen atoms in total. The normalized spacial score (nSPS) is 12.5. The first-order valence-electron chi connectivity index (χ1n) is 13.2. The van der Waals surface area contributed by atoms with E-state index in [1.54, 1.807) is 0 Å². The van der Waals surface area contributed by atoms with E-state index in [9.17, 15) is 0 Å². The van der Waals surface area contributed by atoms with Crippen LogP contribution in [-0.2, 0) is 16.2 Å². The molecule has 0 saturated heterocycles. The molecule has 2 aromatic heterocycles. The molecule has 2 atom stereocenters. The number of para-hydroxylation sites is 3. The number of rotatable bonds is 10. The largest absolute Gasteiger partial charge is 0.455 e. The molecule has 0 aliphatic rings. The first kappa shape index (κ1) is 25.8. The molecule has 196 valence electrons. The van der Waals surface area contributed by atoms with Crippen LogP contribution in [0.25, 0.3) is 32.9 Å². The summed E-state index contributed by atoms with van der Waals surface area (Å²) in [4.78, 5) is 0. The smallest absolute Gasteiger partial charge is 0.181 e. The van der Waals surface area contributed by atoms with Gasteiger partial charge in [-0.05, 0) is 72.5 Å². The van der Waals surface area contributed by atoms with Crippen molar-refractivity contribution in [3.63, 3.8) is 0 Å². The van der Waals surface area contributed by atoms with Crippen molar-refractivity contribution < 1.29 is 9.05 Å². The summed E-state index contributed by atoms with van der Waals surface area (Å²) in [5.74, 6) is 0.893. The van der Waals surface area contributed by atoms with Crippen LogP contribution in [0.1, 0.15) is 19.4 Å². The minimum Gasteiger partial charge on any atom is -0.455 e. The molecule has 0 radical (unpaired) electrons. The van der Waals surface area contributed by atoms with Gasteiger partial charge in [0, 0.05) is 32.3 Å². The van der Waals surface area contributed by atoms with Crippen molar-refractivity contribution in [1.82, 2.24) is 8.90 Å². The Morgan fingerprint density at radius 2 is 1.31 bits per heavy atom. The standard InChI is InChI=1S/C33H32N2O2P2/c1-33(2,34-22-19-26-12-4-8-16-30(26)34)38-36-24-21-25-11-3-6-14-28(25)29-15-7-10-18-32(29)37-39-35-23-20-27-13-5-9-17-31(27)35/h3-20,22-23,38-39H,21,24H2,1-2H3. The van der Waals surface area contributed by atoms with E-state index in [2.05, 4.69) is 138 Å². The molecular formula is C33H32N2O2P2. The Hall–Kier alpha value is -3.42. The monoisotopic (exact) mass is 550 g/mol. The minimum atomic E-state index is -0.118. The zero-order chi connectivity index (χ0) is 26.7. The van der Waals surface area contributed by atoms with E-state index in [4.69, 9.17) is 9.05 Å². The van der Waals surface area contributed by atoms with Crippen LogP contribution in [-0.4, -0.2) is 15.5 Å². The molecule has 0 spiro atoms. The molecule has 2 heterocycles. The van der Waals surface area contributed by atoms with Gasteiger partial charge < -0.3 is 13.6 Å². The second-order valence-electron chi connectivity index (χ2n) is 10.1. The molecule has 4 aromatic carbocycles. The molecular weight excluding hydrogens is 518 g/mol. The number of benzene rings is 4. The summed E-state index contributed by atoms with van der Waals surface area (Å²) < 4.78 is 17.2. The third kappa shape index (κ3) is 5.52. The summed E-state index contributed by atoms with van der Waals surface area (Å²) in [5, 5.41) is 2.36. The Morgan fingerprint density at radius 1 is 0.667 bits per heavy atom. The number of nitrogens with zero attached hydrogens (tertiary/aromatic N) is 2. The Labute approximate surface area is 233 Å². The first-order valence-corrected chi connectivity index (χ1v) is 15.0. The quantitative estimate of drug-likeness (QED) is 0.126. The van der Waals surface area contributed by atoms with Crippen molar-refractivity contribution in [1.29, 1.82) is 0 Å². The topological polar surface area (TPSA) is 28.3 Å². The van der Waals surface area contributed by atoms with E-state index < -0.39 is 0 Å². The van der Waals surface area contributed by atoms with Gasteiger partial charge in [0.05, 0.1) is 17.4 Å². The van der Waals surface area contributed by atoms with Gasteiger partial charge in [0.15, 0.2) is 8.96 Å². The van der Waals surface area contributed by atoms with Crippen molar-refractivity contribution >= 4 is 39.6 Å². The van der Waals surface area contributed by atoms with Gasteiger partial charge in [-0.3, -0.25) is 4.34 Å². The lowest BCUT2D eigenvalue weighted by atomic mass is 9.97. The van der Waals surface area contributed by atoms with Crippen LogP contribution < -0.4 is 4.52 Å². The molecule has 0 aliphatic carbocycles. The predicted octanol–water partition coefficient (Wildman–Crippen LogP) is 9.24. The number of aromatic nitrogens is 2. The van der Waals surface area contributed by atoms with E-state index >= 15 is 0 Å². The maximum Gasteiger partial charge on any atom is 0.181 e. The van der Waals surface area contributed by atoms with Crippen LogP contribution in [0.5, 0.6) is 5.75 Å². The van der Waals surface area contributed by atoms with Crippen LogP contribution in [0.3, 0.4) is 0 Å². The van der Waals surface area contributed by atoms with Gasteiger partial charge in [-0.2, -0.15) is 0 Å². The second-order valence-corrected chi connectivity index (χ2v) is 12.7. The van der Waals surface area contributed by atoms with Gasteiger partial charge in [-0.15, -0.1) is 0 Å². The highest BCUT2D eigenvalue weighted by Crippen LogP contribution is 2.40. The maximum atomic E-state index is 6.40. The Morgan fingerprint density at radius 3 is 2.15 bits per heavy atom. The first-order chi connectivity index (χ1) is 19.1. The van der Waals surface area contributed by atoms with Crippen LogP contribution in [0.4, 0.5) is 0 Å². The summed E-state index contributed by atoms with van der Waals surface area (Å²) in [6, 6.07) is 38.1. The van der Waals surface area contributed by atoms with Crippen molar-refractivity contribution in [3.05, 3.63) is 127 Å². The lowest BCUT2D eigenvalue weighted by Crippen LogP contribution is -2.20. The summed E-state index contributed by atoms with van der Waals surface area (Å²) in [7, 11) is 0.510. The second kappa shape index (κ2) is 11.4. The Bertz CT molecular complexity index is 1720. The zero-order valence-corrected chi connectivity index (χ0v) is 24.2. The van der Waals surface area contributed by atoms with Crippen LogP contribution in [0.2, 0.25) is 0 Å². The van der Waals surface area contributed by atoms with Crippen molar-refractivity contribution in [2.75, 3.05) is 6.61 Å². The third-order valence-corrected chi connectivity index (χ3v) is 9.03. The molecule has 2 unspecified atom stereocenters. The molecule has 0 bridgehead atoms. The van der Waals surface area contributed by atoms with Crippen molar-refractivity contribution in [3.8, 4) is 16.9 Å². The maximum absolute atomic E-state index is 6.40. The van der Waals surface area contributed by atoms with Crippen LogP contribution in [0.15, 0.2) is 122 Å². The molecule has 39 heavy (non-hydrogen) atoms. The number of hydrogen-bond acceptors (Lipinski definition) is 2. The van der Waals surface area contributed by atoms with Crippen molar-refractivity contribution in [2.45, 2.75) is 25.5 Å². The molecule has 6 aromatic rings. The zero-order valence-electron chi connectivity index (χ0n) is 22.2. The fourth-order valence-corrected chi connectivity index (χ4v) is 6.71. The van der Waals surface area contributed by atoms with Gasteiger partial charge >= 0.3 is 0 Å². The van der Waals surface area contributed by atoms with E-state index in [0.717, 1.165) is 17.7 Å². The van der Waals surface area contributed by atoms with E-state index in [1.807, 2.05) is 6.07 Å². The average Bonchev–Trinajstić information content (AvgIpc) is 3.60. The van der Waals surface area contributed by atoms with Gasteiger partial charge in [0.25, 0.3) is 0 Å². The van der Waals surface area contributed by atoms with Gasteiger partial charge in [0.1, 0.15) is 5.75 Å². The Balaban J connectivity index is 1.14. The van der Waals surface area contributed by atoms with Gasteiger partial charge in [-0.25, -0.2) is 0 Å². The number of hydrogen-bond donors (Lipinski definition) is 0.